The monoisotopic (exact) mass is 415 g/mol. The highest BCUT2D eigenvalue weighted by atomic mass is 32.1. The van der Waals surface area contributed by atoms with Crippen LogP contribution in [0, 0.1) is 0 Å². The van der Waals surface area contributed by atoms with Gasteiger partial charge in [-0.2, -0.15) is 0 Å². The lowest BCUT2D eigenvalue weighted by molar-refractivity contribution is 0.0600. The zero-order valence-electron chi connectivity index (χ0n) is 16.6. The van der Waals surface area contributed by atoms with E-state index in [-0.39, 0.29) is 5.97 Å². The SMILES string of the molecule is COC(=O)c1ccc(Cc2nc(-c3ccccc3OCc3ccccc3)cs2)cc1. The predicted molar refractivity (Wildman–Crippen MR) is 119 cm³/mol. The van der Waals surface area contributed by atoms with Gasteiger partial charge in [-0.1, -0.05) is 54.6 Å². The Hall–Kier alpha value is -3.44. The molecule has 0 saturated heterocycles. The molecule has 4 nitrogen and oxygen atoms in total. The first-order valence-electron chi connectivity index (χ1n) is 9.61. The Morgan fingerprint density at radius 2 is 1.63 bits per heavy atom. The number of benzene rings is 3. The molecule has 1 aromatic heterocycles. The van der Waals surface area contributed by atoms with Crippen LogP contribution in [0.4, 0.5) is 0 Å². The van der Waals surface area contributed by atoms with Crippen molar-refractivity contribution in [3.63, 3.8) is 0 Å². The van der Waals surface area contributed by atoms with Crippen molar-refractivity contribution in [1.29, 1.82) is 0 Å². The molecule has 0 unspecified atom stereocenters. The van der Waals surface area contributed by atoms with Crippen LogP contribution >= 0.6 is 11.3 Å². The van der Waals surface area contributed by atoms with E-state index in [0.29, 0.717) is 18.6 Å². The first-order valence-corrected chi connectivity index (χ1v) is 10.5. The molecule has 30 heavy (non-hydrogen) atoms. The Labute approximate surface area is 179 Å². The first kappa shape index (κ1) is 19.9. The van der Waals surface area contributed by atoms with Crippen molar-refractivity contribution in [3.8, 4) is 17.0 Å². The van der Waals surface area contributed by atoms with Gasteiger partial charge in [0.05, 0.1) is 23.4 Å². The standard InChI is InChI=1S/C25H21NO3S/c1-28-25(27)20-13-11-18(12-14-20)15-24-26-22(17-30-24)21-9-5-6-10-23(21)29-16-19-7-3-2-4-8-19/h2-14,17H,15-16H2,1H3. The van der Waals surface area contributed by atoms with E-state index in [4.69, 9.17) is 14.5 Å². The van der Waals surface area contributed by atoms with Crippen LogP contribution in [0.2, 0.25) is 0 Å². The molecule has 0 saturated carbocycles. The predicted octanol–water partition coefficient (Wildman–Crippen LogP) is 5.77. The molecular formula is C25H21NO3S. The van der Waals surface area contributed by atoms with Crippen molar-refractivity contribution < 1.29 is 14.3 Å². The van der Waals surface area contributed by atoms with Gasteiger partial charge in [-0.15, -0.1) is 11.3 Å². The highest BCUT2D eigenvalue weighted by Gasteiger charge is 2.11. The normalized spacial score (nSPS) is 10.6. The zero-order valence-corrected chi connectivity index (χ0v) is 17.4. The summed E-state index contributed by atoms with van der Waals surface area (Å²) in [5, 5.41) is 3.07. The highest BCUT2D eigenvalue weighted by Crippen LogP contribution is 2.31. The summed E-state index contributed by atoms with van der Waals surface area (Å²) in [6.07, 6.45) is 0.707. The molecular weight excluding hydrogens is 394 g/mol. The van der Waals surface area contributed by atoms with Crippen molar-refractivity contribution in [2.75, 3.05) is 7.11 Å². The highest BCUT2D eigenvalue weighted by molar-refractivity contribution is 7.10. The number of para-hydroxylation sites is 1. The number of hydrogen-bond acceptors (Lipinski definition) is 5. The van der Waals surface area contributed by atoms with Gasteiger partial charge in [0.1, 0.15) is 12.4 Å². The Kier molecular flexibility index (Phi) is 6.20. The number of esters is 1. The molecule has 1 heterocycles. The third-order valence-corrected chi connectivity index (χ3v) is 5.53. The molecule has 0 atom stereocenters. The van der Waals surface area contributed by atoms with Gasteiger partial charge in [-0.3, -0.25) is 0 Å². The van der Waals surface area contributed by atoms with Gasteiger partial charge in [-0.05, 0) is 35.4 Å². The maximum absolute atomic E-state index is 11.6. The maximum Gasteiger partial charge on any atom is 0.337 e. The molecule has 0 bridgehead atoms. The molecule has 3 aromatic carbocycles. The van der Waals surface area contributed by atoms with E-state index >= 15 is 0 Å². The van der Waals surface area contributed by atoms with Crippen LogP contribution in [-0.4, -0.2) is 18.1 Å². The van der Waals surface area contributed by atoms with Crippen LogP contribution in [0.3, 0.4) is 0 Å². The van der Waals surface area contributed by atoms with Crippen LogP contribution in [-0.2, 0) is 17.8 Å². The fourth-order valence-corrected chi connectivity index (χ4v) is 3.93. The van der Waals surface area contributed by atoms with Crippen LogP contribution in [0.15, 0.2) is 84.2 Å². The number of carbonyl (C=O) groups excluding carboxylic acids is 1. The molecule has 0 spiro atoms. The van der Waals surface area contributed by atoms with E-state index in [1.165, 1.54) is 7.11 Å². The van der Waals surface area contributed by atoms with Crippen molar-refractivity contribution >= 4 is 17.3 Å². The van der Waals surface area contributed by atoms with E-state index < -0.39 is 0 Å². The Balaban J connectivity index is 1.48. The van der Waals surface area contributed by atoms with E-state index in [2.05, 4.69) is 17.5 Å². The molecule has 0 amide bonds. The summed E-state index contributed by atoms with van der Waals surface area (Å²) in [4.78, 5) is 16.4. The van der Waals surface area contributed by atoms with Crippen LogP contribution in [0.25, 0.3) is 11.3 Å². The summed E-state index contributed by atoms with van der Waals surface area (Å²) in [6.45, 7) is 0.515. The van der Waals surface area contributed by atoms with Gasteiger partial charge in [0.15, 0.2) is 0 Å². The van der Waals surface area contributed by atoms with Crippen molar-refractivity contribution in [2.45, 2.75) is 13.0 Å². The quantitative estimate of drug-likeness (QED) is 0.360. The summed E-state index contributed by atoms with van der Waals surface area (Å²) < 4.78 is 10.8. The summed E-state index contributed by atoms with van der Waals surface area (Å²) in [6, 6.07) is 25.5. The van der Waals surface area contributed by atoms with Gasteiger partial charge < -0.3 is 9.47 Å². The molecule has 0 N–H and O–H groups in total. The lowest BCUT2D eigenvalue weighted by Crippen LogP contribution is -2.01. The van der Waals surface area contributed by atoms with Gasteiger partial charge in [0, 0.05) is 17.4 Å². The lowest BCUT2D eigenvalue weighted by Gasteiger charge is -2.10. The Morgan fingerprint density at radius 3 is 2.40 bits per heavy atom. The number of rotatable bonds is 7. The van der Waals surface area contributed by atoms with Gasteiger partial charge >= 0.3 is 5.97 Å². The summed E-state index contributed by atoms with van der Waals surface area (Å²) in [5.74, 6) is 0.492. The van der Waals surface area contributed by atoms with E-state index in [1.54, 1.807) is 23.5 Å². The number of aromatic nitrogens is 1. The van der Waals surface area contributed by atoms with Crippen molar-refractivity contribution in [1.82, 2.24) is 4.98 Å². The number of ether oxygens (including phenoxy) is 2. The average molecular weight is 416 g/mol. The minimum atomic E-state index is -0.329. The third kappa shape index (κ3) is 4.75. The molecule has 0 fully saturated rings. The number of nitrogens with zero attached hydrogens (tertiary/aromatic N) is 1. The third-order valence-electron chi connectivity index (χ3n) is 4.68. The molecule has 5 heteroatoms. The number of thiazole rings is 1. The zero-order chi connectivity index (χ0) is 20.8. The Bertz CT molecular complexity index is 1120. The number of hydrogen-bond donors (Lipinski definition) is 0. The second-order valence-corrected chi connectivity index (χ2v) is 7.70. The minimum Gasteiger partial charge on any atom is -0.488 e. The van der Waals surface area contributed by atoms with E-state index in [9.17, 15) is 4.79 Å². The molecule has 4 rings (SSSR count). The molecule has 4 aromatic rings. The molecule has 0 aliphatic carbocycles. The smallest absolute Gasteiger partial charge is 0.337 e. The molecule has 0 aliphatic rings. The van der Waals surface area contributed by atoms with Gasteiger partial charge in [0.2, 0.25) is 0 Å². The Morgan fingerprint density at radius 1 is 0.900 bits per heavy atom. The van der Waals surface area contributed by atoms with Crippen LogP contribution < -0.4 is 4.74 Å². The average Bonchev–Trinajstić information content (AvgIpc) is 3.27. The van der Waals surface area contributed by atoms with Crippen molar-refractivity contribution in [3.05, 3.63) is 106 Å². The van der Waals surface area contributed by atoms with E-state index in [0.717, 1.165) is 33.1 Å². The fraction of sp³-hybridized carbons (Fsp3) is 0.120. The first-order chi connectivity index (χ1) is 14.7. The summed E-state index contributed by atoms with van der Waals surface area (Å²) >= 11 is 1.62. The van der Waals surface area contributed by atoms with Gasteiger partial charge in [0.25, 0.3) is 0 Å². The van der Waals surface area contributed by atoms with E-state index in [1.807, 2.05) is 54.6 Å². The second kappa shape index (κ2) is 9.37. The van der Waals surface area contributed by atoms with Crippen LogP contribution in [0.5, 0.6) is 5.75 Å². The second-order valence-electron chi connectivity index (χ2n) is 6.76. The lowest BCUT2D eigenvalue weighted by atomic mass is 10.1. The molecule has 0 radical (unpaired) electrons. The molecule has 0 aliphatic heterocycles. The fourth-order valence-electron chi connectivity index (χ4n) is 3.11. The van der Waals surface area contributed by atoms with Gasteiger partial charge in [-0.25, -0.2) is 9.78 Å². The maximum atomic E-state index is 11.6. The molecule has 150 valence electrons. The topological polar surface area (TPSA) is 48.4 Å². The largest absolute Gasteiger partial charge is 0.488 e. The van der Waals surface area contributed by atoms with Crippen LogP contribution in [0.1, 0.15) is 26.5 Å². The van der Waals surface area contributed by atoms with Crippen molar-refractivity contribution in [2.24, 2.45) is 0 Å². The summed E-state index contributed by atoms with van der Waals surface area (Å²) in [5.41, 5.74) is 4.66. The minimum absolute atomic E-state index is 0.329. The number of methoxy groups -OCH3 is 1. The number of carbonyl (C=O) groups is 1. The summed E-state index contributed by atoms with van der Waals surface area (Å²) in [7, 11) is 1.38.